The molecule has 0 unspecified atom stereocenters. The SMILES string of the molecule is CC[n+]1c(/C=C/N(C(C)=O)c2ccccc2)sc2ccccc21.[I-]. The number of halogens is 1. The Morgan fingerprint density at radius 3 is 2.46 bits per heavy atom. The molecule has 0 bridgehead atoms. The first-order valence-electron chi connectivity index (χ1n) is 7.65. The molecular weight excluding hydrogens is 431 g/mol. The lowest BCUT2D eigenvalue weighted by Crippen LogP contribution is -3.00. The number of hydrogen-bond acceptors (Lipinski definition) is 2. The standard InChI is InChI=1S/C19H19N2OS.HI/c1-3-20-17-11-7-8-12-18(17)23-19(20)13-14-21(15(2)22)16-9-5-4-6-10-16;/h4-14H,3H2,1-2H3;1H/q+1;/p-1. The van der Waals surface area contributed by atoms with Crippen molar-refractivity contribution in [2.24, 2.45) is 0 Å². The maximum atomic E-state index is 12.0. The number of nitrogens with zero attached hydrogens (tertiary/aromatic N) is 2. The topological polar surface area (TPSA) is 24.2 Å². The number of rotatable bonds is 4. The number of carbonyl (C=O) groups is 1. The molecule has 0 saturated heterocycles. The minimum atomic E-state index is -0.00314. The first-order valence-corrected chi connectivity index (χ1v) is 8.46. The Morgan fingerprint density at radius 1 is 1.12 bits per heavy atom. The van der Waals surface area contributed by atoms with Crippen LogP contribution in [-0.4, -0.2) is 5.91 Å². The Morgan fingerprint density at radius 2 is 1.79 bits per heavy atom. The molecule has 0 radical (unpaired) electrons. The van der Waals surface area contributed by atoms with E-state index in [-0.39, 0.29) is 29.9 Å². The summed E-state index contributed by atoms with van der Waals surface area (Å²) in [6.07, 6.45) is 3.87. The monoisotopic (exact) mass is 450 g/mol. The summed E-state index contributed by atoms with van der Waals surface area (Å²) in [5, 5.41) is 1.14. The van der Waals surface area contributed by atoms with Crippen LogP contribution in [-0.2, 0) is 11.3 Å². The van der Waals surface area contributed by atoms with E-state index in [9.17, 15) is 4.79 Å². The normalized spacial score (nSPS) is 10.8. The van der Waals surface area contributed by atoms with Crippen molar-refractivity contribution < 1.29 is 33.3 Å². The molecule has 0 aliphatic heterocycles. The van der Waals surface area contributed by atoms with Crippen LogP contribution in [0.4, 0.5) is 5.69 Å². The van der Waals surface area contributed by atoms with Crippen molar-refractivity contribution >= 4 is 39.2 Å². The van der Waals surface area contributed by atoms with E-state index < -0.39 is 0 Å². The molecule has 0 atom stereocenters. The summed E-state index contributed by atoms with van der Waals surface area (Å²) in [5.41, 5.74) is 2.11. The van der Waals surface area contributed by atoms with Gasteiger partial charge in [-0.1, -0.05) is 41.7 Å². The van der Waals surface area contributed by atoms with Crippen LogP contribution in [0.25, 0.3) is 16.3 Å². The van der Waals surface area contributed by atoms with Crippen LogP contribution < -0.4 is 33.4 Å². The lowest BCUT2D eigenvalue weighted by molar-refractivity contribution is -0.665. The van der Waals surface area contributed by atoms with Crippen molar-refractivity contribution in [3.63, 3.8) is 0 Å². The van der Waals surface area contributed by atoms with Gasteiger partial charge in [0.15, 0.2) is 0 Å². The van der Waals surface area contributed by atoms with E-state index in [0.29, 0.717) is 0 Å². The summed E-state index contributed by atoms with van der Waals surface area (Å²) in [4.78, 5) is 13.6. The molecule has 0 aliphatic rings. The van der Waals surface area contributed by atoms with E-state index in [1.165, 1.54) is 10.2 Å². The molecule has 0 fully saturated rings. The summed E-state index contributed by atoms with van der Waals surface area (Å²) in [6, 6.07) is 18.1. The highest BCUT2D eigenvalue weighted by Gasteiger charge is 2.17. The van der Waals surface area contributed by atoms with Crippen molar-refractivity contribution in [3.05, 3.63) is 65.8 Å². The van der Waals surface area contributed by atoms with Crippen molar-refractivity contribution in [2.45, 2.75) is 20.4 Å². The van der Waals surface area contributed by atoms with E-state index in [0.717, 1.165) is 17.2 Å². The van der Waals surface area contributed by atoms with Crippen LogP contribution in [0.2, 0.25) is 0 Å². The predicted octanol–water partition coefficient (Wildman–Crippen LogP) is 1.24. The van der Waals surface area contributed by atoms with Gasteiger partial charge in [0.05, 0.1) is 0 Å². The van der Waals surface area contributed by atoms with E-state index in [2.05, 4.69) is 35.8 Å². The number of fused-ring (bicyclic) bond motifs is 1. The molecule has 5 heteroatoms. The molecule has 0 aliphatic carbocycles. The van der Waals surface area contributed by atoms with Gasteiger partial charge in [-0.05, 0) is 25.1 Å². The number of benzene rings is 2. The van der Waals surface area contributed by atoms with Crippen LogP contribution in [0.15, 0.2) is 60.8 Å². The van der Waals surface area contributed by atoms with E-state index in [1.54, 1.807) is 23.2 Å². The predicted molar refractivity (Wildman–Crippen MR) is 96.3 cm³/mol. The first-order chi connectivity index (χ1) is 11.2. The van der Waals surface area contributed by atoms with E-state index in [1.807, 2.05) is 42.6 Å². The molecule has 0 N–H and O–H groups in total. The molecule has 0 saturated carbocycles. The molecule has 3 aromatic rings. The summed E-state index contributed by atoms with van der Waals surface area (Å²) in [7, 11) is 0. The van der Waals surface area contributed by atoms with Gasteiger partial charge in [0, 0.05) is 31.0 Å². The average molecular weight is 450 g/mol. The molecule has 1 aromatic heterocycles. The van der Waals surface area contributed by atoms with Gasteiger partial charge in [-0.15, -0.1) is 0 Å². The third kappa shape index (κ3) is 3.84. The average Bonchev–Trinajstić information content (AvgIpc) is 2.93. The van der Waals surface area contributed by atoms with Crippen molar-refractivity contribution in [2.75, 3.05) is 4.90 Å². The summed E-state index contributed by atoms with van der Waals surface area (Å²) in [6.45, 7) is 4.61. The molecule has 24 heavy (non-hydrogen) atoms. The summed E-state index contributed by atoms with van der Waals surface area (Å²) in [5.74, 6) is -0.00314. The lowest BCUT2D eigenvalue weighted by atomic mass is 10.3. The number of para-hydroxylation sites is 2. The molecule has 1 amide bonds. The van der Waals surface area contributed by atoms with E-state index >= 15 is 0 Å². The number of aromatic nitrogens is 1. The maximum Gasteiger partial charge on any atom is 0.264 e. The zero-order valence-electron chi connectivity index (χ0n) is 13.6. The second-order valence-electron chi connectivity index (χ2n) is 5.19. The third-order valence-corrected chi connectivity index (χ3v) is 4.82. The van der Waals surface area contributed by atoms with Gasteiger partial charge in [0.1, 0.15) is 11.2 Å². The van der Waals surface area contributed by atoms with Crippen LogP contribution in [0.1, 0.15) is 18.9 Å². The minimum absolute atomic E-state index is 0. The molecule has 3 nitrogen and oxygen atoms in total. The molecular formula is C19H19IN2OS. The minimum Gasteiger partial charge on any atom is -1.00 e. The van der Waals surface area contributed by atoms with Gasteiger partial charge in [-0.2, -0.15) is 4.57 Å². The third-order valence-electron chi connectivity index (χ3n) is 3.69. The first kappa shape index (κ1) is 18.6. The van der Waals surface area contributed by atoms with Gasteiger partial charge in [-0.25, -0.2) is 0 Å². The van der Waals surface area contributed by atoms with Crippen molar-refractivity contribution in [3.8, 4) is 0 Å². The second kappa shape index (κ2) is 8.39. The van der Waals surface area contributed by atoms with Gasteiger partial charge < -0.3 is 24.0 Å². The highest BCUT2D eigenvalue weighted by molar-refractivity contribution is 7.18. The Hall–Kier alpha value is -1.73. The van der Waals surface area contributed by atoms with E-state index in [4.69, 9.17) is 0 Å². The molecule has 124 valence electrons. The summed E-state index contributed by atoms with van der Waals surface area (Å²) < 4.78 is 3.52. The molecule has 0 spiro atoms. The van der Waals surface area contributed by atoms with Gasteiger partial charge in [-0.3, -0.25) is 9.69 Å². The van der Waals surface area contributed by atoms with Gasteiger partial charge >= 0.3 is 0 Å². The smallest absolute Gasteiger partial charge is 0.264 e. The molecule has 2 aromatic carbocycles. The second-order valence-corrected chi connectivity index (χ2v) is 6.25. The van der Waals surface area contributed by atoms with Crippen LogP contribution in [0.3, 0.4) is 0 Å². The Bertz CT molecular complexity index is 858. The number of thiazole rings is 1. The summed E-state index contributed by atoms with van der Waals surface area (Å²) >= 11 is 1.74. The maximum absolute atomic E-state index is 12.0. The van der Waals surface area contributed by atoms with Crippen molar-refractivity contribution in [1.82, 2.24) is 0 Å². The van der Waals surface area contributed by atoms with Crippen LogP contribution in [0.5, 0.6) is 0 Å². The number of amides is 1. The van der Waals surface area contributed by atoms with Gasteiger partial charge in [0.2, 0.25) is 11.4 Å². The lowest BCUT2D eigenvalue weighted by Gasteiger charge is -2.15. The fourth-order valence-corrected chi connectivity index (χ4v) is 3.72. The number of hydrogen-bond donors (Lipinski definition) is 0. The Kier molecular flexibility index (Phi) is 6.51. The van der Waals surface area contributed by atoms with Crippen LogP contribution >= 0.6 is 11.3 Å². The fourth-order valence-electron chi connectivity index (χ4n) is 2.60. The Labute approximate surface area is 163 Å². The van der Waals surface area contributed by atoms with Gasteiger partial charge in [0.25, 0.3) is 5.01 Å². The van der Waals surface area contributed by atoms with Crippen molar-refractivity contribution in [1.29, 1.82) is 0 Å². The highest BCUT2D eigenvalue weighted by atomic mass is 127. The highest BCUT2D eigenvalue weighted by Crippen LogP contribution is 2.22. The number of anilines is 1. The number of aryl methyl sites for hydroxylation is 1. The molecule has 3 rings (SSSR count). The zero-order valence-corrected chi connectivity index (χ0v) is 16.6. The van der Waals surface area contributed by atoms with Crippen LogP contribution in [0, 0.1) is 0 Å². The fraction of sp³-hybridized carbons (Fsp3) is 0.158. The molecule has 1 heterocycles. The number of carbonyl (C=O) groups excluding carboxylic acids is 1. The Balaban J connectivity index is 0.00000208. The largest absolute Gasteiger partial charge is 1.00 e. The zero-order chi connectivity index (χ0) is 16.2. The quantitative estimate of drug-likeness (QED) is 0.434.